The molecule has 1 rings (SSSR count). The molecule has 1 fully saturated rings. The van der Waals surface area contributed by atoms with E-state index in [-0.39, 0.29) is 11.5 Å². The summed E-state index contributed by atoms with van der Waals surface area (Å²) < 4.78 is 0. The largest absolute Gasteiger partial charge is 0.391 e. The molecular formula is C13H27NO. The molecule has 1 saturated heterocycles. The molecule has 2 nitrogen and oxygen atoms in total. The van der Waals surface area contributed by atoms with Crippen molar-refractivity contribution in [2.75, 3.05) is 6.54 Å². The Morgan fingerprint density at radius 1 is 1.40 bits per heavy atom. The maximum atomic E-state index is 10.2. The van der Waals surface area contributed by atoms with Crippen LogP contribution in [0.2, 0.25) is 0 Å². The molecule has 0 aromatic rings. The van der Waals surface area contributed by atoms with Gasteiger partial charge in [0, 0.05) is 6.04 Å². The van der Waals surface area contributed by atoms with Crippen molar-refractivity contribution in [1.82, 2.24) is 5.32 Å². The van der Waals surface area contributed by atoms with Crippen molar-refractivity contribution in [3.05, 3.63) is 0 Å². The summed E-state index contributed by atoms with van der Waals surface area (Å²) >= 11 is 0. The van der Waals surface area contributed by atoms with Crippen molar-refractivity contribution < 1.29 is 5.11 Å². The lowest BCUT2D eigenvalue weighted by molar-refractivity contribution is 0.0622. The maximum Gasteiger partial charge on any atom is 0.0698 e. The van der Waals surface area contributed by atoms with Gasteiger partial charge in [-0.1, -0.05) is 34.1 Å². The summed E-state index contributed by atoms with van der Waals surface area (Å²) in [5.41, 5.74) is 0.222. The zero-order valence-corrected chi connectivity index (χ0v) is 10.7. The molecule has 0 bridgehead atoms. The van der Waals surface area contributed by atoms with Gasteiger partial charge >= 0.3 is 0 Å². The average Bonchev–Trinajstić information content (AvgIpc) is 2.15. The lowest BCUT2D eigenvalue weighted by Crippen LogP contribution is -2.46. The van der Waals surface area contributed by atoms with Gasteiger partial charge in [0.05, 0.1) is 6.10 Å². The number of hydrogen-bond donors (Lipinski definition) is 2. The fourth-order valence-corrected chi connectivity index (χ4v) is 2.47. The summed E-state index contributed by atoms with van der Waals surface area (Å²) in [7, 11) is 0. The Morgan fingerprint density at radius 3 is 2.60 bits per heavy atom. The van der Waals surface area contributed by atoms with E-state index in [0.29, 0.717) is 6.04 Å². The van der Waals surface area contributed by atoms with E-state index in [1.807, 2.05) is 0 Å². The first-order chi connectivity index (χ1) is 6.92. The highest BCUT2D eigenvalue weighted by Crippen LogP contribution is 2.27. The first kappa shape index (κ1) is 13.0. The van der Waals surface area contributed by atoms with Gasteiger partial charge in [0.2, 0.25) is 0 Å². The quantitative estimate of drug-likeness (QED) is 0.755. The number of aliphatic hydroxyl groups excluding tert-OH is 1. The molecule has 2 N–H and O–H groups in total. The molecule has 15 heavy (non-hydrogen) atoms. The van der Waals surface area contributed by atoms with E-state index >= 15 is 0 Å². The lowest BCUT2D eigenvalue weighted by Gasteiger charge is -2.35. The zero-order chi connectivity index (χ0) is 11.5. The molecule has 1 heterocycles. The Balaban J connectivity index is 2.41. The van der Waals surface area contributed by atoms with Crippen LogP contribution in [-0.4, -0.2) is 23.8 Å². The maximum absolute atomic E-state index is 10.2. The van der Waals surface area contributed by atoms with Crippen LogP contribution >= 0.6 is 0 Å². The fraction of sp³-hybridized carbons (Fsp3) is 1.00. The molecule has 0 radical (unpaired) electrons. The van der Waals surface area contributed by atoms with Crippen LogP contribution in [0.25, 0.3) is 0 Å². The minimum absolute atomic E-state index is 0.181. The van der Waals surface area contributed by atoms with Crippen molar-refractivity contribution in [1.29, 1.82) is 0 Å². The minimum atomic E-state index is -0.181. The molecule has 2 heteroatoms. The summed E-state index contributed by atoms with van der Waals surface area (Å²) in [6.45, 7) is 9.90. The van der Waals surface area contributed by atoms with Crippen molar-refractivity contribution in [2.45, 2.75) is 65.5 Å². The number of hydrogen-bond acceptors (Lipinski definition) is 2. The number of piperidine rings is 1. The van der Waals surface area contributed by atoms with Gasteiger partial charge in [0.1, 0.15) is 0 Å². The second kappa shape index (κ2) is 5.31. The third kappa shape index (κ3) is 4.52. The minimum Gasteiger partial charge on any atom is -0.391 e. The van der Waals surface area contributed by atoms with Crippen LogP contribution in [0.1, 0.15) is 53.4 Å². The van der Waals surface area contributed by atoms with E-state index in [0.717, 1.165) is 25.3 Å². The van der Waals surface area contributed by atoms with Crippen molar-refractivity contribution in [3.8, 4) is 0 Å². The van der Waals surface area contributed by atoms with Gasteiger partial charge in [0.25, 0.3) is 0 Å². The standard InChI is InChI=1S/C13H27NO/c1-5-10-6-7-14-11(8-10)12(15)9-13(2,3)4/h10-12,14-15H,5-9H2,1-4H3. The van der Waals surface area contributed by atoms with Crippen LogP contribution in [0.5, 0.6) is 0 Å². The van der Waals surface area contributed by atoms with Crippen LogP contribution < -0.4 is 5.32 Å². The number of nitrogens with one attached hydrogen (secondary N) is 1. The molecule has 3 atom stereocenters. The molecule has 0 aromatic carbocycles. The third-order valence-electron chi connectivity index (χ3n) is 3.41. The monoisotopic (exact) mass is 213 g/mol. The molecule has 1 aliphatic heterocycles. The average molecular weight is 213 g/mol. The zero-order valence-electron chi connectivity index (χ0n) is 10.7. The van der Waals surface area contributed by atoms with Gasteiger partial charge in [-0.15, -0.1) is 0 Å². The topological polar surface area (TPSA) is 32.3 Å². The molecule has 1 aliphatic rings. The van der Waals surface area contributed by atoms with Gasteiger partial charge < -0.3 is 10.4 Å². The Labute approximate surface area is 94.5 Å². The van der Waals surface area contributed by atoms with Crippen LogP contribution in [-0.2, 0) is 0 Å². The van der Waals surface area contributed by atoms with Crippen LogP contribution in [0.15, 0.2) is 0 Å². The molecule has 0 spiro atoms. The van der Waals surface area contributed by atoms with E-state index in [1.54, 1.807) is 0 Å². The second-order valence-corrected chi connectivity index (χ2v) is 6.19. The summed E-state index contributed by atoms with van der Waals surface area (Å²) in [5, 5.41) is 13.6. The SMILES string of the molecule is CCC1CCNC(C(O)CC(C)(C)C)C1. The van der Waals surface area contributed by atoms with Crippen molar-refractivity contribution in [3.63, 3.8) is 0 Å². The third-order valence-corrected chi connectivity index (χ3v) is 3.41. The van der Waals surface area contributed by atoms with E-state index in [9.17, 15) is 5.11 Å². The Hall–Kier alpha value is -0.0800. The molecule has 3 unspecified atom stereocenters. The molecule has 0 saturated carbocycles. The molecule has 0 aromatic heterocycles. The normalized spacial score (nSPS) is 30.2. The van der Waals surface area contributed by atoms with Gasteiger partial charge in [-0.05, 0) is 37.1 Å². The van der Waals surface area contributed by atoms with Crippen molar-refractivity contribution >= 4 is 0 Å². The highest BCUT2D eigenvalue weighted by atomic mass is 16.3. The Bertz CT molecular complexity index is 185. The molecule has 0 amide bonds. The van der Waals surface area contributed by atoms with Gasteiger partial charge in [0.15, 0.2) is 0 Å². The fourth-order valence-electron chi connectivity index (χ4n) is 2.47. The Kier molecular flexibility index (Phi) is 4.60. The Morgan fingerprint density at radius 2 is 2.07 bits per heavy atom. The number of rotatable bonds is 3. The van der Waals surface area contributed by atoms with Crippen molar-refractivity contribution in [2.24, 2.45) is 11.3 Å². The highest BCUT2D eigenvalue weighted by Gasteiger charge is 2.28. The second-order valence-electron chi connectivity index (χ2n) is 6.19. The van der Waals surface area contributed by atoms with E-state index in [1.165, 1.54) is 12.8 Å². The number of aliphatic hydroxyl groups is 1. The molecular weight excluding hydrogens is 186 g/mol. The van der Waals surface area contributed by atoms with Crippen LogP contribution in [0.3, 0.4) is 0 Å². The first-order valence-electron chi connectivity index (χ1n) is 6.34. The summed E-state index contributed by atoms with van der Waals surface area (Å²) in [6, 6.07) is 0.322. The lowest BCUT2D eigenvalue weighted by atomic mass is 9.82. The van der Waals surface area contributed by atoms with Gasteiger partial charge in [-0.3, -0.25) is 0 Å². The van der Waals surface area contributed by atoms with E-state index in [2.05, 4.69) is 33.0 Å². The summed E-state index contributed by atoms with van der Waals surface area (Å²) in [5.74, 6) is 0.811. The highest BCUT2D eigenvalue weighted by molar-refractivity contribution is 4.85. The molecule has 0 aliphatic carbocycles. The molecule has 90 valence electrons. The predicted octanol–water partition coefficient (Wildman–Crippen LogP) is 2.56. The smallest absolute Gasteiger partial charge is 0.0698 e. The predicted molar refractivity (Wildman–Crippen MR) is 64.9 cm³/mol. The summed E-state index contributed by atoms with van der Waals surface area (Å²) in [4.78, 5) is 0. The first-order valence-corrected chi connectivity index (χ1v) is 6.34. The van der Waals surface area contributed by atoms with E-state index < -0.39 is 0 Å². The van der Waals surface area contributed by atoms with Crippen LogP contribution in [0.4, 0.5) is 0 Å². The van der Waals surface area contributed by atoms with Crippen LogP contribution in [0, 0.1) is 11.3 Å². The van der Waals surface area contributed by atoms with Gasteiger partial charge in [-0.25, -0.2) is 0 Å². The van der Waals surface area contributed by atoms with E-state index in [4.69, 9.17) is 0 Å². The summed E-state index contributed by atoms with van der Waals surface area (Å²) in [6.07, 6.45) is 4.38. The van der Waals surface area contributed by atoms with Gasteiger partial charge in [-0.2, -0.15) is 0 Å².